The zero-order valence-corrected chi connectivity index (χ0v) is 17.0. The average Bonchev–Trinajstić information content (AvgIpc) is 3.16. The summed E-state index contributed by atoms with van der Waals surface area (Å²) in [6.07, 6.45) is 5.55. The van der Waals surface area contributed by atoms with Crippen molar-refractivity contribution in [2.75, 3.05) is 7.05 Å². The fraction of sp³-hybridized carbons (Fsp3) is 0.211. The van der Waals surface area contributed by atoms with Gasteiger partial charge in [-0.15, -0.1) is 24.0 Å². The van der Waals surface area contributed by atoms with Crippen LogP contribution in [0.1, 0.15) is 16.8 Å². The van der Waals surface area contributed by atoms with Gasteiger partial charge in [0.25, 0.3) is 0 Å². The highest BCUT2D eigenvalue weighted by atomic mass is 127. The number of aliphatic imine (C=N–C) groups is 1. The van der Waals surface area contributed by atoms with Crippen molar-refractivity contribution in [1.82, 2.24) is 25.4 Å². The summed E-state index contributed by atoms with van der Waals surface area (Å²) in [6, 6.07) is 16.3. The number of nitrogens with zero attached hydrogens (tertiary/aromatic N) is 4. The minimum atomic E-state index is 0. The van der Waals surface area contributed by atoms with Crippen molar-refractivity contribution in [3.8, 4) is 0 Å². The van der Waals surface area contributed by atoms with Crippen molar-refractivity contribution in [2.45, 2.75) is 19.6 Å². The van der Waals surface area contributed by atoms with E-state index in [-0.39, 0.29) is 24.0 Å². The molecule has 0 aliphatic carbocycles. The molecule has 2 N–H and O–H groups in total. The second-order valence-electron chi connectivity index (χ2n) is 5.62. The number of aromatic nitrogens is 3. The van der Waals surface area contributed by atoms with E-state index >= 15 is 0 Å². The number of hydrogen-bond acceptors (Lipinski definition) is 3. The van der Waals surface area contributed by atoms with E-state index < -0.39 is 0 Å². The predicted octanol–water partition coefficient (Wildman–Crippen LogP) is 2.81. The summed E-state index contributed by atoms with van der Waals surface area (Å²) >= 11 is 0. The number of halogens is 1. The fourth-order valence-electron chi connectivity index (χ4n) is 2.50. The van der Waals surface area contributed by atoms with Crippen molar-refractivity contribution >= 4 is 29.9 Å². The minimum absolute atomic E-state index is 0. The summed E-state index contributed by atoms with van der Waals surface area (Å²) in [5, 5.41) is 10.8. The molecular weight excluding hydrogens is 439 g/mol. The Hall–Kier alpha value is -2.42. The van der Waals surface area contributed by atoms with Crippen molar-refractivity contribution in [3.05, 3.63) is 83.9 Å². The lowest BCUT2D eigenvalue weighted by molar-refractivity contribution is 0.685. The van der Waals surface area contributed by atoms with Gasteiger partial charge in [0.1, 0.15) is 0 Å². The van der Waals surface area contributed by atoms with E-state index in [2.05, 4.69) is 50.0 Å². The Bertz CT molecular complexity index is 802. The van der Waals surface area contributed by atoms with Gasteiger partial charge in [0, 0.05) is 32.2 Å². The maximum Gasteiger partial charge on any atom is 0.191 e. The molecule has 0 aliphatic heterocycles. The molecule has 0 saturated heterocycles. The van der Waals surface area contributed by atoms with E-state index in [9.17, 15) is 0 Å². The van der Waals surface area contributed by atoms with Crippen LogP contribution in [0.25, 0.3) is 0 Å². The highest BCUT2D eigenvalue weighted by Crippen LogP contribution is 2.07. The molecule has 0 aliphatic rings. The van der Waals surface area contributed by atoms with Crippen LogP contribution in [0.5, 0.6) is 0 Å². The second-order valence-corrected chi connectivity index (χ2v) is 5.62. The molecule has 3 rings (SSSR count). The van der Waals surface area contributed by atoms with Crippen LogP contribution in [0.3, 0.4) is 0 Å². The van der Waals surface area contributed by atoms with Gasteiger partial charge >= 0.3 is 0 Å². The Labute approximate surface area is 170 Å². The van der Waals surface area contributed by atoms with Crippen molar-refractivity contribution in [2.24, 2.45) is 4.99 Å². The molecule has 2 heterocycles. The smallest absolute Gasteiger partial charge is 0.191 e. The lowest BCUT2D eigenvalue weighted by Crippen LogP contribution is -2.36. The number of nitrogens with one attached hydrogen (secondary N) is 2. The molecule has 6 nitrogen and oxygen atoms in total. The van der Waals surface area contributed by atoms with Gasteiger partial charge in [0.15, 0.2) is 5.96 Å². The normalized spacial score (nSPS) is 10.9. The Morgan fingerprint density at radius 1 is 1.00 bits per heavy atom. The van der Waals surface area contributed by atoms with Gasteiger partial charge in [0.05, 0.1) is 18.8 Å². The van der Waals surface area contributed by atoms with Crippen LogP contribution in [0, 0.1) is 0 Å². The number of rotatable bonds is 6. The van der Waals surface area contributed by atoms with Gasteiger partial charge in [-0.3, -0.25) is 14.7 Å². The van der Waals surface area contributed by atoms with E-state index in [1.54, 1.807) is 19.4 Å². The molecule has 0 amide bonds. The van der Waals surface area contributed by atoms with Gasteiger partial charge < -0.3 is 10.6 Å². The summed E-state index contributed by atoms with van der Waals surface area (Å²) in [5.74, 6) is 0.753. The average molecular weight is 462 g/mol. The largest absolute Gasteiger partial charge is 0.352 e. The maximum absolute atomic E-state index is 4.30. The van der Waals surface area contributed by atoms with Crippen LogP contribution in [-0.2, 0) is 19.6 Å². The highest BCUT2D eigenvalue weighted by molar-refractivity contribution is 14.0. The van der Waals surface area contributed by atoms with Crippen LogP contribution in [0.15, 0.2) is 72.1 Å². The minimum Gasteiger partial charge on any atom is -0.352 e. The zero-order valence-electron chi connectivity index (χ0n) is 14.7. The van der Waals surface area contributed by atoms with E-state index in [0.717, 1.165) is 18.2 Å². The van der Waals surface area contributed by atoms with E-state index in [1.165, 1.54) is 11.1 Å². The molecule has 0 unspecified atom stereocenters. The maximum atomic E-state index is 4.30. The van der Waals surface area contributed by atoms with Crippen LogP contribution in [0.4, 0.5) is 0 Å². The fourth-order valence-corrected chi connectivity index (χ4v) is 2.50. The standard InChI is InChI=1S/C19H22N6.HI/c1-20-19(23-14-18-8-2-3-9-21-18)22-13-16-6-4-7-17(12-16)15-25-11-5-10-24-25;/h2-12H,13-15H2,1H3,(H2,20,22,23);1H. The third-order valence-electron chi connectivity index (χ3n) is 3.74. The lowest BCUT2D eigenvalue weighted by Gasteiger charge is -2.12. The molecule has 0 spiro atoms. The van der Waals surface area contributed by atoms with Crippen LogP contribution in [-0.4, -0.2) is 27.8 Å². The Balaban J connectivity index is 0.00000243. The molecule has 0 saturated carbocycles. The predicted molar refractivity (Wildman–Crippen MR) is 114 cm³/mol. The van der Waals surface area contributed by atoms with Gasteiger partial charge in [-0.05, 0) is 29.3 Å². The number of guanidine groups is 1. The first-order chi connectivity index (χ1) is 12.3. The molecule has 0 bridgehead atoms. The summed E-state index contributed by atoms with van der Waals surface area (Å²) in [7, 11) is 1.77. The van der Waals surface area contributed by atoms with Gasteiger partial charge in [0.2, 0.25) is 0 Å². The van der Waals surface area contributed by atoms with Gasteiger partial charge in [-0.25, -0.2) is 0 Å². The van der Waals surface area contributed by atoms with Crippen molar-refractivity contribution in [3.63, 3.8) is 0 Å². The van der Waals surface area contributed by atoms with Crippen molar-refractivity contribution < 1.29 is 0 Å². The first-order valence-corrected chi connectivity index (χ1v) is 8.23. The Morgan fingerprint density at radius 3 is 2.58 bits per heavy atom. The van der Waals surface area contributed by atoms with E-state index in [4.69, 9.17) is 0 Å². The quantitative estimate of drug-likeness (QED) is 0.336. The molecular formula is C19H23IN6. The summed E-state index contributed by atoms with van der Waals surface area (Å²) in [5.41, 5.74) is 3.40. The van der Waals surface area contributed by atoms with E-state index in [1.807, 2.05) is 35.1 Å². The Kier molecular flexibility index (Phi) is 8.07. The topological polar surface area (TPSA) is 67.1 Å². The molecule has 0 fully saturated rings. The second kappa shape index (κ2) is 10.5. The molecule has 26 heavy (non-hydrogen) atoms. The molecule has 136 valence electrons. The molecule has 7 heteroatoms. The zero-order chi connectivity index (χ0) is 17.3. The number of hydrogen-bond donors (Lipinski definition) is 2. The third kappa shape index (κ3) is 6.14. The first-order valence-electron chi connectivity index (χ1n) is 8.23. The number of pyridine rings is 1. The monoisotopic (exact) mass is 462 g/mol. The molecule has 1 aromatic carbocycles. The number of benzene rings is 1. The van der Waals surface area contributed by atoms with Crippen molar-refractivity contribution in [1.29, 1.82) is 0 Å². The highest BCUT2D eigenvalue weighted by Gasteiger charge is 2.01. The Morgan fingerprint density at radius 2 is 1.85 bits per heavy atom. The lowest BCUT2D eigenvalue weighted by atomic mass is 10.1. The van der Waals surface area contributed by atoms with Crippen LogP contribution < -0.4 is 10.6 Å². The molecule has 0 atom stereocenters. The van der Waals surface area contributed by atoms with E-state index in [0.29, 0.717) is 13.1 Å². The van der Waals surface area contributed by atoms with Crippen LogP contribution >= 0.6 is 24.0 Å². The molecule has 0 radical (unpaired) electrons. The first kappa shape index (κ1) is 19.9. The summed E-state index contributed by atoms with van der Waals surface area (Å²) in [6.45, 7) is 2.11. The summed E-state index contributed by atoms with van der Waals surface area (Å²) < 4.78 is 1.92. The third-order valence-corrected chi connectivity index (χ3v) is 3.74. The van der Waals surface area contributed by atoms with Crippen LogP contribution in [0.2, 0.25) is 0 Å². The van der Waals surface area contributed by atoms with Gasteiger partial charge in [-0.1, -0.05) is 30.3 Å². The summed E-state index contributed by atoms with van der Waals surface area (Å²) in [4.78, 5) is 8.55. The SMILES string of the molecule is CN=C(NCc1cccc(Cn2cccn2)c1)NCc1ccccn1.I. The molecule has 3 aromatic rings. The van der Waals surface area contributed by atoms with Gasteiger partial charge in [-0.2, -0.15) is 5.10 Å². The molecule has 2 aromatic heterocycles.